The summed E-state index contributed by atoms with van der Waals surface area (Å²) in [6, 6.07) is 21.5. The molecule has 180 valence electrons. The minimum Gasteiger partial charge on any atom is -0.497 e. The summed E-state index contributed by atoms with van der Waals surface area (Å²) in [6.45, 7) is 3.52. The molecule has 4 rings (SSSR count). The predicted octanol–water partition coefficient (Wildman–Crippen LogP) is 3.48. The van der Waals surface area contributed by atoms with Crippen LogP contribution in [-0.2, 0) is 14.4 Å². The molecule has 1 atom stereocenters. The number of amides is 3. The number of nitrogens with two attached hydrogens (primary N) is 1. The Hall–Kier alpha value is -4.17. The average molecular weight is 473 g/mol. The smallest absolute Gasteiger partial charge is 0.258 e. The quantitative estimate of drug-likeness (QED) is 0.554. The number of ether oxygens (including phenoxy) is 1. The van der Waals surface area contributed by atoms with E-state index in [1.807, 2.05) is 19.9 Å². The van der Waals surface area contributed by atoms with E-state index in [0.717, 1.165) is 0 Å². The minimum absolute atomic E-state index is 0.177. The fourth-order valence-corrected chi connectivity index (χ4v) is 4.22. The van der Waals surface area contributed by atoms with Crippen molar-refractivity contribution < 1.29 is 19.1 Å². The van der Waals surface area contributed by atoms with Crippen LogP contribution < -0.4 is 25.2 Å². The van der Waals surface area contributed by atoms with Gasteiger partial charge in [-0.15, -0.1) is 0 Å². The van der Waals surface area contributed by atoms with E-state index in [1.54, 1.807) is 84.8 Å². The minimum atomic E-state index is -1.45. The van der Waals surface area contributed by atoms with E-state index in [0.29, 0.717) is 28.5 Å². The van der Waals surface area contributed by atoms with Crippen molar-refractivity contribution in [3.05, 3.63) is 78.9 Å². The van der Waals surface area contributed by atoms with E-state index in [9.17, 15) is 14.4 Å². The first kappa shape index (κ1) is 24.0. The third kappa shape index (κ3) is 4.61. The molecule has 0 aromatic heterocycles. The number of nitrogens with zero attached hydrogens (tertiary/aromatic N) is 3. The summed E-state index contributed by atoms with van der Waals surface area (Å²) < 4.78 is 5.22. The third-order valence-electron chi connectivity index (χ3n) is 5.88. The van der Waals surface area contributed by atoms with Crippen molar-refractivity contribution >= 4 is 40.5 Å². The van der Waals surface area contributed by atoms with Gasteiger partial charge in [0, 0.05) is 17.4 Å². The molecule has 3 aromatic rings. The van der Waals surface area contributed by atoms with Gasteiger partial charge >= 0.3 is 0 Å². The van der Waals surface area contributed by atoms with Gasteiger partial charge in [-0.25, -0.2) is 0 Å². The van der Waals surface area contributed by atoms with Crippen molar-refractivity contribution in [1.82, 2.24) is 0 Å². The molecule has 0 saturated heterocycles. The second kappa shape index (κ2) is 9.99. The van der Waals surface area contributed by atoms with E-state index in [4.69, 9.17) is 10.5 Å². The number of rotatable bonds is 6. The third-order valence-corrected chi connectivity index (χ3v) is 5.88. The molecule has 0 aliphatic carbocycles. The number of hydrogen-bond donors (Lipinski definition) is 1. The highest BCUT2D eigenvalue weighted by atomic mass is 16.5. The van der Waals surface area contributed by atoms with Crippen LogP contribution in [0.5, 0.6) is 5.75 Å². The van der Waals surface area contributed by atoms with E-state index in [1.165, 1.54) is 9.80 Å². The maximum absolute atomic E-state index is 13.6. The summed E-state index contributed by atoms with van der Waals surface area (Å²) in [5.74, 6) is -0.819. The van der Waals surface area contributed by atoms with Gasteiger partial charge in [0.2, 0.25) is 5.91 Å². The molecule has 0 spiro atoms. The molecule has 3 aromatic carbocycles. The standard InChI is InChI=1S/C27H28N4O4/c1-18(2)30(20-13-15-21(35-3)16-14-20)24(32)17-29-22-11-7-8-12-23(22)31(19-9-5-4-6-10-19)27(34)25(28)26(29)33/h4-16,18,25H,17,28H2,1-3H3/t25-/m0/s1. The lowest BCUT2D eigenvalue weighted by Gasteiger charge is -2.31. The number of methoxy groups -OCH3 is 1. The van der Waals surface area contributed by atoms with Gasteiger partial charge in [-0.2, -0.15) is 0 Å². The number of carbonyl (C=O) groups is 3. The largest absolute Gasteiger partial charge is 0.497 e. The molecule has 2 N–H and O–H groups in total. The summed E-state index contributed by atoms with van der Waals surface area (Å²) in [5.41, 5.74) is 8.34. The van der Waals surface area contributed by atoms with Gasteiger partial charge in [-0.05, 0) is 62.4 Å². The SMILES string of the molecule is COc1ccc(N(C(=O)CN2C(=O)[C@H](N)C(=O)N(c3ccccc3)c3ccccc32)C(C)C)cc1. The highest BCUT2D eigenvalue weighted by Crippen LogP contribution is 2.37. The van der Waals surface area contributed by atoms with Crippen LogP contribution in [0.4, 0.5) is 22.7 Å². The summed E-state index contributed by atoms with van der Waals surface area (Å²) in [7, 11) is 1.58. The zero-order valence-electron chi connectivity index (χ0n) is 19.9. The number of hydrogen-bond acceptors (Lipinski definition) is 5. The molecule has 0 unspecified atom stereocenters. The molecule has 3 amide bonds. The van der Waals surface area contributed by atoms with Gasteiger partial charge in [0.1, 0.15) is 12.3 Å². The zero-order valence-corrected chi connectivity index (χ0v) is 19.9. The van der Waals surface area contributed by atoms with E-state index in [-0.39, 0.29) is 18.5 Å². The number of anilines is 4. The van der Waals surface area contributed by atoms with Crippen molar-refractivity contribution in [1.29, 1.82) is 0 Å². The zero-order chi connectivity index (χ0) is 25.1. The fraction of sp³-hybridized carbons (Fsp3) is 0.222. The molecular weight excluding hydrogens is 444 g/mol. The molecule has 1 heterocycles. The monoisotopic (exact) mass is 472 g/mol. The molecule has 0 radical (unpaired) electrons. The number of benzene rings is 3. The normalized spacial score (nSPS) is 15.6. The highest BCUT2D eigenvalue weighted by molar-refractivity contribution is 6.23. The van der Waals surface area contributed by atoms with E-state index in [2.05, 4.69) is 0 Å². The number of para-hydroxylation sites is 3. The maximum atomic E-state index is 13.6. The lowest BCUT2D eigenvalue weighted by atomic mass is 10.2. The molecule has 1 aliphatic rings. The van der Waals surface area contributed by atoms with Crippen LogP contribution in [0.15, 0.2) is 78.9 Å². The van der Waals surface area contributed by atoms with Crippen LogP contribution >= 0.6 is 0 Å². The molecule has 8 nitrogen and oxygen atoms in total. The Morgan fingerprint density at radius 3 is 2.11 bits per heavy atom. The van der Waals surface area contributed by atoms with Gasteiger partial charge in [0.25, 0.3) is 11.8 Å². The fourth-order valence-electron chi connectivity index (χ4n) is 4.22. The first-order chi connectivity index (χ1) is 16.8. The number of fused-ring (bicyclic) bond motifs is 1. The Kier molecular flexibility index (Phi) is 6.84. The Bertz CT molecular complexity index is 1230. The molecule has 8 heteroatoms. The Morgan fingerprint density at radius 1 is 0.914 bits per heavy atom. The molecule has 0 saturated carbocycles. The van der Waals surface area contributed by atoms with Crippen LogP contribution in [-0.4, -0.2) is 43.5 Å². The lowest BCUT2D eigenvalue weighted by molar-refractivity contribution is -0.129. The van der Waals surface area contributed by atoms with Crippen LogP contribution in [0.25, 0.3) is 0 Å². The van der Waals surface area contributed by atoms with Gasteiger partial charge in [-0.1, -0.05) is 30.3 Å². The number of carbonyl (C=O) groups excluding carboxylic acids is 3. The average Bonchev–Trinajstić information content (AvgIpc) is 2.94. The molecule has 35 heavy (non-hydrogen) atoms. The lowest BCUT2D eigenvalue weighted by Crippen LogP contribution is -2.53. The maximum Gasteiger partial charge on any atom is 0.258 e. The summed E-state index contributed by atoms with van der Waals surface area (Å²) >= 11 is 0. The van der Waals surface area contributed by atoms with Crippen molar-refractivity contribution in [2.45, 2.75) is 25.9 Å². The summed E-state index contributed by atoms with van der Waals surface area (Å²) in [4.78, 5) is 44.7. The Morgan fingerprint density at radius 2 is 1.51 bits per heavy atom. The first-order valence-corrected chi connectivity index (χ1v) is 11.3. The van der Waals surface area contributed by atoms with Gasteiger partial charge in [0.05, 0.1) is 18.5 Å². The van der Waals surface area contributed by atoms with Crippen molar-refractivity contribution in [3.8, 4) is 5.75 Å². The van der Waals surface area contributed by atoms with Crippen molar-refractivity contribution in [3.63, 3.8) is 0 Å². The summed E-state index contributed by atoms with van der Waals surface area (Å²) in [5, 5.41) is 0. The molecule has 0 fully saturated rings. The molecule has 0 bridgehead atoms. The second-order valence-electron chi connectivity index (χ2n) is 8.46. The Labute approximate surface area is 204 Å². The van der Waals surface area contributed by atoms with Crippen LogP contribution in [0, 0.1) is 0 Å². The molecule has 1 aliphatic heterocycles. The van der Waals surface area contributed by atoms with E-state index >= 15 is 0 Å². The topological polar surface area (TPSA) is 96.2 Å². The van der Waals surface area contributed by atoms with Crippen molar-refractivity contribution in [2.24, 2.45) is 5.73 Å². The van der Waals surface area contributed by atoms with Gasteiger partial charge in [0.15, 0.2) is 6.04 Å². The predicted molar refractivity (Wildman–Crippen MR) is 136 cm³/mol. The second-order valence-corrected chi connectivity index (χ2v) is 8.46. The van der Waals surface area contributed by atoms with E-state index < -0.39 is 17.9 Å². The Balaban J connectivity index is 1.74. The highest BCUT2D eigenvalue weighted by Gasteiger charge is 2.40. The summed E-state index contributed by atoms with van der Waals surface area (Å²) in [6.07, 6.45) is 0. The van der Waals surface area contributed by atoms with Crippen LogP contribution in [0.2, 0.25) is 0 Å². The van der Waals surface area contributed by atoms with Crippen molar-refractivity contribution in [2.75, 3.05) is 28.4 Å². The van der Waals surface area contributed by atoms with Gasteiger partial charge in [-0.3, -0.25) is 24.2 Å². The molecular formula is C27H28N4O4. The van der Waals surface area contributed by atoms with Crippen LogP contribution in [0.3, 0.4) is 0 Å². The van der Waals surface area contributed by atoms with Crippen LogP contribution in [0.1, 0.15) is 13.8 Å². The van der Waals surface area contributed by atoms with Gasteiger partial charge < -0.3 is 15.4 Å². The first-order valence-electron chi connectivity index (χ1n) is 11.3.